The van der Waals surface area contributed by atoms with Gasteiger partial charge in [-0.3, -0.25) is 14.3 Å². The minimum atomic E-state index is -0.198. The third-order valence-electron chi connectivity index (χ3n) is 4.97. The first kappa shape index (κ1) is 22.8. The molecule has 170 valence electrons. The summed E-state index contributed by atoms with van der Waals surface area (Å²) in [5.41, 5.74) is 2.47. The summed E-state index contributed by atoms with van der Waals surface area (Å²) in [4.78, 5) is 25.9. The molecular formula is C24H23ClN4O3S. The Hall–Kier alpha value is -3.36. The average molecular weight is 483 g/mol. The van der Waals surface area contributed by atoms with Gasteiger partial charge < -0.3 is 15.4 Å². The Balaban J connectivity index is 1.45. The highest BCUT2D eigenvalue weighted by atomic mass is 35.5. The quantitative estimate of drug-likeness (QED) is 0.375. The molecule has 2 amide bonds. The fraction of sp³-hybridized carbons (Fsp3) is 0.208. The fourth-order valence-electron chi connectivity index (χ4n) is 3.34. The Morgan fingerprint density at radius 2 is 1.91 bits per heavy atom. The maximum Gasteiger partial charge on any atom is 0.265 e. The smallest absolute Gasteiger partial charge is 0.265 e. The summed E-state index contributed by atoms with van der Waals surface area (Å²) >= 11 is 7.70. The molecule has 9 heteroatoms. The summed E-state index contributed by atoms with van der Waals surface area (Å²) in [7, 11) is 0. The van der Waals surface area contributed by atoms with Crippen molar-refractivity contribution in [3.05, 3.63) is 75.8 Å². The van der Waals surface area contributed by atoms with Crippen molar-refractivity contribution in [2.45, 2.75) is 20.4 Å². The summed E-state index contributed by atoms with van der Waals surface area (Å²) in [6.07, 6.45) is 0. The van der Waals surface area contributed by atoms with Crippen LogP contribution in [0.15, 0.2) is 54.6 Å². The molecule has 33 heavy (non-hydrogen) atoms. The number of likely N-dealkylation sites (N-methyl/N-ethyl adjacent to an activating group) is 1. The number of hydrogen-bond acceptors (Lipinski definition) is 5. The van der Waals surface area contributed by atoms with E-state index in [1.807, 2.05) is 48.9 Å². The molecule has 0 radical (unpaired) electrons. The van der Waals surface area contributed by atoms with Gasteiger partial charge in [0.25, 0.3) is 11.8 Å². The molecule has 0 unspecified atom stereocenters. The summed E-state index contributed by atoms with van der Waals surface area (Å²) in [5, 5.41) is 11.8. The highest BCUT2D eigenvalue weighted by Gasteiger charge is 2.17. The van der Waals surface area contributed by atoms with Gasteiger partial charge in [-0.2, -0.15) is 5.10 Å². The first-order chi connectivity index (χ1) is 15.9. The lowest BCUT2D eigenvalue weighted by Gasteiger charge is -2.08. The molecule has 0 spiro atoms. The SMILES string of the molecule is CCNC(=O)COc1ccc(NC(=O)c2cc3c(C)nn(Cc4ccccc4Cl)c3s2)cc1. The van der Waals surface area contributed by atoms with E-state index in [-0.39, 0.29) is 18.4 Å². The molecule has 2 aromatic carbocycles. The highest BCUT2D eigenvalue weighted by molar-refractivity contribution is 7.20. The highest BCUT2D eigenvalue weighted by Crippen LogP contribution is 2.30. The zero-order valence-electron chi connectivity index (χ0n) is 18.2. The molecule has 0 bridgehead atoms. The van der Waals surface area contributed by atoms with Gasteiger partial charge in [0.1, 0.15) is 10.6 Å². The zero-order valence-corrected chi connectivity index (χ0v) is 19.8. The molecule has 0 aliphatic rings. The number of rotatable bonds is 8. The van der Waals surface area contributed by atoms with Crippen LogP contribution >= 0.6 is 22.9 Å². The van der Waals surface area contributed by atoms with E-state index in [4.69, 9.17) is 16.3 Å². The van der Waals surface area contributed by atoms with Crippen LogP contribution in [0.4, 0.5) is 5.69 Å². The minimum absolute atomic E-state index is 0.0497. The standard InChI is InChI=1S/C24H23ClN4O3S/c1-3-26-22(30)14-32-18-10-8-17(9-11-18)27-23(31)21-12-19-15(2)28-29(24(19)33-21)13-16-6-4-5-7-20(16)25/h4-12H,3,13-14H2,1-2H3,(H,26,30)(H,27,31). The van der Waals surface area contributed by atoms with E-state index in [9.17, 15) is 9.59 Å². The third kappa shape index (κ3) is 5.35. The third-order valence-corrected chi connectivity index (χ3v) is 6.48. The van der Waals surface area contributed by atoms with Crippen LogP contribution < -0.4 is 15.4 Å². The van der Waals surface area contributed by atoms with E-state index in [0.717, 1.165) is 21.5 Å². The van der Waals surface area contributed by atoms with E-state index >= 15 is 0 Å². The molecule has 0 saturated heterocycles. The van der Waals surface area contributed by atoms with Crippen LogP contribution in [-0.4, -0.2) is 34.7 Å². The number of carbonyl (C=O) groups is 2. The van der Waals surface area contributed by atoms with Gasteiger partial charge in [-0.1, -0.05) is 29.8 Å². The summed E-state index contributed by atoms with van der Waals surface area (Å²) in [6, 6.07) is 16.4. The molecule has 4 aromatic rings. The van der Waals surface area contributed by atoms with Crippen molar-refractivity contribution in [2.75, 3.05) is 18.5 Å². The van der Waals surface area contributed by atoms with Gasteiger partial charge in [0.15, 0.2) is 6.61 Å². The molecule has 0 saturated carbocycles. The van der Waals surface area contributed by atoms with Crippen molar-refractivity contribution in [3.63, 3.8) is 0 Å². The van der Waals surface area contributed by atoms with Crippen LogP contribution in [0.2, 0.25) is 5.02 Å². The van der Waals surface area contributed by atoms with Crippen LogP contribution in [0.3, 0.4) is 0 Å². The van der Waals surface area contributed by atoms with Crippen molar-refractivity contribution in [3.8, 4) is 5.75 Å². The predicted molar refractivity (Wildman–Crippen MR) is 131 cm³/mol. The van der Waals surface area contributed by atoms with Crippen LogP contribution in [0, 0.1) is 6.92 Å². The number of anilines is 1. The largest absolute Gasteiger partial charge is 0.484 e. The van der Waals surface area contributed by atoms with Crippen molar-refractivity contribution < 1.29 is 14.3 Å². The van der Waals surface area contributed by atoms with Gasteiger partial charge in [0.2, 0.25) is 0 Å². The van der Waals surface area contributed by atoms with Crippen LogP contribution in [-0.2, 0) is 11.3 Å². The van der Waals surface area contributed by atoms with Crippen molar-refractivity contribution >= 4 is 50.7 Å². The van der Waals surface area contributed by atoms with Crippen LogP contribution in [0.25, 0.3) is 10.2 Å². The second kappa shape index (κ2) is 10.1. The number of benzene rings is 2. The molecule has 0 aliphatic carbocycles. The first-order valence-electron chi connectivity index (χ1n) is 10.5. The lowest BCUT2D eigenvalue weighted by atomic mass is 10.2. The van der Waals surface area contributed by atoms with Crippen LogP contribution in [0.1, 0.15) is 27.9 Å². The number of thiophene rings is 1. The molecule has 2 heterocycles. The van der Waals surface area contributed by atoms with Gasteiger partial charge in [0, 0.05) is 22.6 Å². The van der Waals surface area contributed by atoms with Gasteiger partial charge in [-0.05, 0) is 55.8 Å². The maximum atomic E-state index is 12.9. The normalized spacial score (nSPS) is 10.9. The number of fused-ring (bicyclic) bond motifs is 1. The van der Waals surface area contributed by atoms with Gasteiger partial charge in [0.05, 0.1) is 17.1 Å². The Bertz CT molecular complexity index is 1300. The van der Waals surface area contributed by atoms with E-state index in [2.05, 4.69) is 15.7 Å². The second-order valence-electron chi connectivity index (χ2n) is 7.38. The molecular weight excluding hydrogens is 460 g/mol. The first-order valence-corrected chi connectivity index (χ1v) is 11.7. The second-order valence-corrected chi connectivity index (χ2v) is 8.82. The monoisotopic (exact) mass is 482 g/mol. The molecule has 0 atom stereocenters. The van der Waals surface area contributed by atoms with Gasteiger partial charge in [-0.25, -0.2) is 0 Å². The summed E-state index contributed by atoms with van der Waals surface area (Å²) < 4.78 is 7.32. The predicted octanol–water partition coefficient (Wildman–Crippen LogP) is 4.88. The molecule has 0 fully saturated rings. The van der Waals surface area contributed by atoms with E-state index in [1.165, 1.54) is 11.3 Å². The average Bonchev–Trinajstić information content (AvgIpc) is 3.36. The number of nitrogens with zero attached hydrogens (tertiary/aromatic N) is 2. The molecule has 0 aliphatic heterocycles. The van der Waals surface area contributed by atoms with Gasteiger partial charge in [-0.15, -0.1) is 11.3 Å². The Kier molecular flexibility index (Phi) is 6.96. The maximum absolute atomic E-state index is 12.9. The lowest BCUT2D eigenvalue weighted by molar-refractivity contribution is -0.122. The van der Waals surface area contributed by atoms with Crippen molar-refractivity contribution in [2.24, 2.45) is 0 Å². The van der Waals surface area contributed by atoms with E-state index in [1.54, 1.807) is 24.3 Å². The lowest BCUT2D eigenvalue weighted by Crippen LogP contribution is -2.28. The van der Waals surface area contributed by atoms with E-state index < -0.39 is 0 Å². The number of aryl methyl sites for hydroxylation is 1. The molecule has 2 N–H and O–H groups in total. The molecule has 4 rings (SSSR count). The topological polar surface area (TPSA) is 85.2 Å². The van der Waals surface area contributed by atoms with Crippen LogP contribution in [0.5, 0.6) is 5.75 Å². The number of aromatic nitrogens is 2. The summed E-state index contributed by atoms with van der Waals surface area (Å²) in [5.74, 6) is 0.176. The Labute approximate surface area is 200 Å². The summed E-state index contributed by atoms with van der Waals surface area (Å²) in [6.45, 7) is 4.82. The number of hydrogen-bond donors (Lipinski definition) is 2. The molecule has 2 aromatic heterocycles. The van der Waals surface area contributed by atoms with E-state index in [0.29, 0.717) is 34.4 Å². The fourth-order valence-corrected chi connectivity index (χ4v) is 4.60. The minimum Gasteiger partial charge on any atom is -0.484 e. The number of halogens is 1. The van der Waals surface area contributed by atoms with Crippen molar-refractivity contribution in [1.29, 1.82) is 0 Å². The number of nitrogens with one attached hydrogen (secondary N) is 2. The van der Waals surface area contributed by atoms with Gasteiger partial charge >= 0.3 is 0 Å². The molecule has 7 nitrogen and oxygen atoms in total. The Morgan fingerprint density at radius 3 is 2.64 bits per heavy atom. The number of carbonyl (C=O) groups excluding carboxylic acids is 2. The zero-order chi connectivity index (χ0) is 23.4. The Morgan fingerprint density at radius 1 is 1.15 bits per heavy atom. The van der Waals surface area contributed by atoms with Crippen molar-refractivity contribution in [1.82, 2.24) is 15.1 Å². The number of ether oxygens (including phenoxy) is 1. The number of amides is 2.